The van der Waals surface area contributed by atoms with Crippen LogP contribution in [0.1, 0.15) is 32.7 Å². The van der Waals surface area contributed by atoms with E-state index in [9.17, 15) is 4.79 Å². The van der Waals surface area contributed by atoms with E-state index in [2.05, 4.69) is 30.4 Å². The summed E-state index contributed by atoms with van der Waals surface area (Å²) < 4.78 is 7.56. The molecule has 0 spiro atoms. The smallest absolute Gasteiger partial charge is 0.268 e. The highest BCUT2D eigenvalue weighted by atomic mass is 16.3. The van der Waals surface area contributed by atoms with Crippen LogP contribution in [0.3, 0.4) is 0 Å². The first kappa shape index (κ1) is 17.2. The van der Waals surface area contributed by atoms with Gasteiger partial charge in [-0.1, -0.05) is 54.1 Å². The van der Waals surface area contributed by atoms with Gasteiger partial charge in [-0.15, -0.1) is 0 Å². The summed E-state index contributed by atoms with van der Waals surface area (Å²) in [5.41, 5.74) is 6.92. The summed E-state index contributed by atoms with van der Waals surface area (Å²) in [7, 11) is 0. The third-order valence-corrected chi connectivity index (χ3v) is 4.88. The quantitative estimate of drug-likeness (QED) is 0.555. The van der Waals surface area contributed by atoms with Crippen molar-refractivity contribution in [2.45, 2.75) is 26.9 Å². The second-order valence-corrected chi connectivity index (χ2v) is 6.88. The van der Waals surface area contributed by atoms with E-state index in [-0.39, 0.29) is 5.91 Å². The molecule has 0 unspecified atom stereocenters. The van der Waals surface area contributed by atoms with Crippen LogP contribution in [0.25, 0.3) is 11.1 Å². The van der Waals surface area contributed by atoms with Crippen molar-refractivity contribution in [3.63, 3.8) is 0 Å². The first-order valence-electron chi connectivity index (χ1n) is 9.07. The van der Waals surface area contributed by atoms with Crippen molar-refractivity contribution in [1.82, 2.24) is 9.88 Å². The van der Waals surface area contributed by atoms with Crippen LogP contribution in [-0.2, 0) is 13.1 Å². The first-order chi connectivity index (χ1) is 13.1. The van der Waals surface area contributed by atoms with Gasteiger partial charge in [0.2, 0.25) is 0 Å². The summed E-state index contributed by atoms with van der Waals surface area (Å²) in [5, 5.41) is 3.03. The van der Waals surface area contributed by atoms with Crippen molar-refractivity contribution in [2.75, 3.05) is 0 Å². The van der Waals surface area contributed by atoms with Gasteiger partial charge < -0.3 is 14.3 Å². The molecule has 0 fully saturated rings. The van der Waals surface area contributed by atoms with Gasteiger partial charge in [-0.25, -0.2) is 0 Å². The molecule has 1 amide bonds. The second-order valence-electron chi connectivity index (χ2n) is 6.88. The van der Waals surface area contributed by atoms with Crippen molar-refractivity contribution in [3.05, 3.63) is 94.9 Å². The van der Waals surface area contributed by atoms with Crippen molar-refractivity contribution in [3.8, 4) is 0 Å². The molecule has 0 aliphatic rings. The number of hydrogen-bond donors (Lipinski definition) is 1. The summed E-state index contributed by atoms with van der Waals surface area (Å²) >= 11 is 0. The first-order valence-corrected chi connectivity index (χ1v) is 9.07. The molecule has 0 bridgehead atoms. The lowest BCUT2D eigenvalue weighted by Gasteiger charge is -2.12. The highest BCUT2D eigenvalue weighted by molar-refractivity contribution is 5.97. The van der Waals surface area contributed by atoms with E-state index in [1.807, 2.05) is 54.0 Å². The normalized spacial score (nSPS) is 11.0. The average Bonchev–Trinajstić information content (AvgIpc) is 3.24. The number of benzene rings is 2. The Kier molecular flexibility index (Phi) is 4.55. The Balaban J connectivity index is 1.62. The maximum Gasteiger partial charge on any atom is 0.268 e. The molecule has 0 saturated carbocycles. The Labute approximate surface area is 158 Å². The van der Waals surface area contributed by atoms with E-state index in [4.69, 9.17) is 4.42 Å². The molecule has 136 valence electrons. The lowest BCUT2D eigenvalue weighted by atomic mass is 10.1. The fourth-order valence-electron chi connectivity index (χ4n) is 3.39. The molecule has 4 rings (SSSR count). The highest BCUT2D eigenvalue weighted by Crippen LogP contribution is 2.23. The summed E-state index contributed by atoms with van der Waals surface area (Å²) in [6.07, 6.45) is 1.66. The molecule has 2 heterocycles. The lowest BCUT2D eigenvalue weighted by molar-refractivity contribution is 0.0942. The number of nitrogens with zero attached hydrogens (tertiary/aromatic N) is 1. The third-order valence-electron chi connectivity index (χ3n) is 4.88. The average molecular weight is 358 g/mol. The van der Waals surface area contributed by atoms with Gasteiger partial charge in [0.05, 0.1) is 11.8 Å². The predicted octanol–water partition coefficient (Wildman–Crippen LogP) is 4.83. The van der Waals surface area contributed by atoms with E-state index in [1.165, 1.54) is 16.7 Å². The standard InChI is InChI=1S/C23H22N2O2/c1-16-6-5-8-18(12-16)14-24-23(26)21-13-22-20(10-11-27-22)25(21)15-19-9-4-3-7-17(19)2/h3-13H,14-15H2,1-2H3,(H,24,26). The van der Waals surface area contributed by atoms with E-state index >= 15 is 0 Å². The molecule has 0 aliphatic carbocycles. The minimum Gasteiger partial charge on any atom is -0.463 e. The molecular weight excluding hydrogens is 336 g/mol. The minimum atomic E-state index is -0.100. The molecule has 4 aromatic rings. The van der Waals surface area contributed by atoms with Crippen LogP contribution in [-0.4, -0.2) is 10.5 Å². The van der Waals surface area contributed by atoms with E-state index in [0.29, 0.717) is 18.8 Å². The molecule has 2 aromatic heterocycles. The third kappa shape index (κ3) is 3.51. The van der Waals surface area contributed by atoms with Crippen LogP contribution < -0.4 is 5.32 Å². The fraction of sp³-hybridized carbons (Fsp3) is 0.174. The van der Waals surface area contributed by atoms with Gasteiger partial charge >= 0.3 is 0 Å². The highest BCUT2D eigenvalue weighted by Gasteiger charge is 2.18. The van der Waals surface area contributed by atoms with E-state index < -0.39 is 0 Å². The maximum atomic E-state index is 12.9. The van der Waals surface area contributed by atoms with Crippen LogP contribution in [0.5, 0.6) is 0 Å². The minimum absolute atomic E-state index is 0.100. The second kappa shape index (κ2) is 7.16. The van der Waals surface area contributed by atoms with Gasteiger partial charge in [-0.3, -0.25) is 4.79 Å². The molecule has 0 radical (unpaired) electrons. The van der Waals surface area contributed by atoms with Crippen LogP contribution in [0.4, 0.5) is 0 Å². The number of aryl methyl sites for hydroxylation is 2. The van der Waals surface area contributed by atoms with Crippen LogP contribution in [0, 0.1) is 13.8 Å². The Morgan fingerprint density at radius 3 is 2.70 bits per heavy atom. The van der Waals surface area contributed by atoms with E-state index in [0.717, 1.165) is 16.7 Å². The van der Waals surface area contributed by atoms with Crippen molar-refractivity contribution < 1.29 is 9.21 Å². The van der Waals surface area contributed by atoms with E-state index in [1.54, 1.807) is 6.26 Å². The Morgan fingerprint density at radius 2 is 1.89 bits per heavy atom. The summed E-state index contributed by atoms with van der Waals surface area (Å²) in [5.74, 6) is -0.100. The number of rotatable bonds is 5. The number of fused-ring (bicyclic) bond motifs is 1. The summed E-state index contributed by atoms with van der Waals surface area (Å²) in [4.78, 5) is 12.9. The SMILES string of the molecule is Cc1cccc(CNC(=O)c2cc3occc3n2Cc2ccccc2C)c1. The fourth-order valence-corrected chi connectivity index (χ4v) is 3.39. The van der Waals surface area contributed by atoms with Gasteiger partial charge in [-0.2, -0.15) is 0 Å². The van der Waals surface area contributed by atoms with Crippen LogP contribution >= 0.6 is 0 Å². The van der Waals surface area contributed by atoms with Crippen molar-refractivity contribution in [1.29, 1.82) is 0 Å². The maximum absolute atomic E-state index is 12.9. The molecule has 4 nitrogen and oxygen atoms in total. The Bertz CT molecular complexity index is 1100. The number of hydrogen-bond acceptors (Lipinski definition) is 2. The zero-order chi connectivity index (χ0) is 18.8. The largest absolute Gasteiger partial charge is 0.463 e. The predicted molar refractivity (Wildman–Crippen MR) is 107 cm³/mol. The number of furan rings is 1. The summed E-state index contributed by atoms with van der Waals surface area (Å²) in [6.45, 7) is 5.26. The summed E-state index contributed by atoms with van der Waals surface area (Å²) in [6, 6.07) is 20.1. The number of nitrogens with one attached hydrogen (secondary N) is 1. The van der Waals surface area contributed by atoms with Gasteiger partial charge in [0.25, 0.3) is 5.91 Å². The number of amides is 1. The van der Waals surface area contributed by atoms with Gasteiger partial charge in [-0.05, 0) is 30.5 Å². The molecule has 1 N–H and O–H groups in total. The monoisotopic (exact) mass is 358 g/mol. The molecular formula is C23H22N2O2. The van der Waals surface area contributed by atoms with Crippen LogP contribution in [0.2, 0.25) is 0 Å². The molecule has 0 atom stereocenters. The number of carbonyl (C=O) groups is 1. The molecule has 0 aliphatic heterocycles. The number of carbonyl (C=O) groups excluding carboxylic acids is 1. The van der Waals surface area contributed by atoms with Gasteiger partial charge in [0, 0.05) is 25.2 Å². The number of aromatic nitrogens is 1. The zero-order valence-electron chi connectivity index (χ0n) is 15.5. The van der Waals surface area contributed by atoms with Crippen molar-refractivity contribution in [2.24, 2.45) is 0 Å². The lowest BCUT2D eigenvalue weighted by Crippen LogP contribution is -2.25. The Hall–Kier alpha value is -3.27. The topological polar surface area (TPSA) is 47.2 Å². The van der Waals surface area contributed by atoms with Crippen LogP contribution in [0.15, 0.2) is 71.3 Å². The Morgan fingerprint density at radius 1 is 1.04 bits per heavy atom. The van der Waals surface area contributed by atoms with Gasteiger partial charge in [0.1, 0.15) is 5.69 Å². The molecule has 4 heteroatoms. The zero-order valence-corrected chi connectivity index (χ0v) is 15.5. The molecule has 27 heavy (non-hydrogen) atoms. The van der Waals surface area contributed by atoms with Crippen molar-refractivity contribution >= 4 is 17.0 Å². The molecule has 2 aromatic carbocycles. The molecule has 0 saturated heterocycles. The van der Waals surface area contributed by atoms with Gasteiger partial charge in [0.15, 0.2) is 5.58 Å².